The van der Waals surface area contributed by atoms with E-state index in [1.54, 1.807) is 0 Å². The molecule has 2 aromatic rings. The summed E-state index contributed by atoms with van der Waals surface area (Å²) in [4.78, 5) is 0. The molecule has 2 rings (SSSR count). The van der Waals surface area contributed by atoms with E-state index in [0.29, 0.717) is 12.5 Å². The van der Waals surface area contributed by atoms with Crippen LogP contribution in [-0.4, -0.2) is 9.78 Å². The van der Waals surface area contributed by atoms with Crippen LogP contribution in [0.3, 0.4) is 0 Å². The molecule has 0 aliphatic rings. The molecule has 0 aliphatic heterocycles. The average molecular weight is 265 g/mol. The van der Waals surface area contributed by atoms with E-state index in [2.05, 4.69) is 18.1 Å². The maximum absolute atomic E-state index is 5.74. The number of aryl methyl sites for hydroxylation is 2. The summed E-state index contributed by atoms with van der Waals surface area (Å²) >= 11 is 5.74. The Bertz CT molecular complexity index is 505. The number of hydrogen-bond acceptors (Lipinski definition) is 2. The Kier molecular flexibility index (Phi) is 4.26. The summed E-state index contributed by atoms with van der Waals surface area (Å²) in [5.74, 6) is 1.38. The molecule has 0 unspecified atom stereocenters. The topological polar surface area (TPSA) is 27.1 Å². The number of nitrogens with zero attached hydrogens (tertiary/aromatic N) is 2. The molecule has 1 heterocycles. The van der Waals surface area contributed by atoms with E-state index in [9.17, 15) is 0 Å². The van der Waals surface area contributed by atoms with Crippen molar-refractivity contribution in [3.8, 4) is 5.75 Å². The van der Waals surface area contributed by atoms with Crippen LogP contribution >= 0.6 is 11.6 Å². The van der Waals surface area contributed by atoms with Crippen LogP contribution in [0.4, 0.5) is 0 Å². The van der Waals surface area contributed by atoms with Crippen molar-refractivity contribution in [3.05, 3.63) is 47.3 Å². The maximum Gasteiger partial charge on any atom is 0.130 e. The van der Waals surface area contributed by atoms with Gasteiger partial charge in [0.15, 0.2) is 0 Å². The van der Waals surface area contributed by atoms with E-state index in [0.717, 1.165) is 29.1 Å². The summed E-state index contributed by atoms with van der Waals surface area (Å²) in [6.45, 7) is 2.63. The van der Waals surface area contributed by atoms with Gasteiger partial charge in [-0.15, -0.1) is 11.6 Å². The smallest absolute Gasteiger partial charge is 0.130 e. The van der Waals surface area contributed by atoms with Gasteiger partial charge in [0, 0.05) is 12.9 Å². The second-order valence-electron chi connectivity index (χ2n) is 4.17. The van der Waals surface area contributed by atoms with Gasteiger partial charge in [0.1, 0.15) is 12.4 Å². The Morgan fingerprint density at radius 1 is 1.28 bits per heavy atom. The first kappa shape index (κ1) is 13.0. The average Bonchev–Trinajstić information content (AvgIpc) is 2.77. The van der Waals surface area contributed by atoms with Gasteiger partial charge in [-0.25, -0.2) is 0 Å². The number of ether oxygens (including phenoxy) is 1. The lowest BCUT2D eigenvalue weighted by atomic mass is 10.2. The van der Waals surface area contributed by atoms with Gasteiger partial charge in [0.25, 0.3) is 0 Å². The predicted octanol–water partition coefficient (Wildman–Crippen LogP) is 3.30. The summed E-state index contributed by atoms with van der Waals surface area (Å²) < 4.78 is 7.59. The highest BCUT2D eigenvalue weighted by Gasteiger charge is 2.04. The van der Waals surface area contributed by atoms with Crippen molar-refractivity contribution in [2.75, 3.05) is 0 Å². The number of rotatable bonds is 5. The molecule has 4 heteroatoms. The second kappa shape index (κ2) is 5.91. The van der Waals surface area contributed by atoms with Gasteiger partial charge in [0.05, 0.1) is 11.4 Å². The zero-order valence-corrected chi connectivity index (χ0v) is 11.4. The molecular weight excluding hydrogens is 248 g/mol. The van der Waals surface area contributed by atoms with Gasteiger partial charge in [-0.05, 0) is 30.2 Å². The van der Waals surface area contributed by atoms with Crippen LogP contribution in [0, 0.1) is 0 Å². The summed E-state index contributed by atoms with van der Waals surface area (Å²) in [6, 6.07) is 9.91. The van der Waals surface area contributed by atoms with E-state index in [1.165, 1.54) is 0 Å². The Labute approximate surface area is 112 Å². The SMILES string of the molecule is CCc1cc(COc2ccc(CCl)cc2)n(C)n1. The number of benzene rings is 1. The van der Waals surface area contributed by atoms with Crippen molar-refractivity contribution in [3.63, 3.8) is 0 Å². The highest BCUT2D eigenvalue weighted by atomic mass is 35.5. The molecule has 0 atom stereocenters. The minimum Gasteiger partial charge on any atom is -0.487 e. The van der Waals surface area contributed by atoms with Crippen molar-refractivity contribution in [1.82, 2.24) is 9.78 Å². The van der Waals surface area contributed by atoms with Crippen LogP contribution in [-0.2, 0) is 26.0 Å². The summed E-state index contributed by atoms with van der Waals surface area (Å²) in [7, 11) is 1.94. The Hall–Kier alpha value is -1.48. The number of alkyl halides is 1. The largest absolute Gasteiger partial charge is 0.487 e. The molecule has 0 saturated heterocycles. The minimum absolute atomic E-state index is 0.530. The van der Waals surface area contributed by atoms with Gasteiger partial charge in [-0.2, -0.15) is 5.10 Å². The van der Waals surface area contributed by atoms with Gasteiger partial charge in [0.2, 0.25) is 0 Å². The molecule has 0 aliphatic carbocycles. The molecule has 0 fully saturated rings. The van der Waals surface area contributed by atoms with Crippen LogP contribution in [0.15, 0.2) is 30.3 Å². The molecule has 0 amide bonds. The van der Waals surface area contributed by atoms with Gasteiger partial charge in [-0.3, -0.25) is 4.68 Å². The Morgan fingerprint density at radius 2 is 2.00 bits per heavy atom. The lowest BCUT2D eigenvalue weighted by molar-refractivity contribution is 0.295. The third kappa shape index (κ3) is 3.05. The Balaban J connectivity index is 1.99. The van der Waals surface area contributed by atoms with Crippen LogP contribution in [0.2, 0.25) is 0 Å². The first-order valence-electron chi connectivity index (χ1n) is 6.02. The lowest BCUT2D eigenvalue weighted by Crippen LogP contribution is -2.03. The van der Waals surface area contributed by atoms with Gasteiger partial charge in [-0.1, -0.05) is 19.1 Å². The fraction of sp³-hybridized carbons (Fsp3) is 0.357. The zero-order valence-electron chi connectivity index (χ0n) is 10.7. The molecule has 1 aromatic carbocycles. The normalized spacial score (nSPS) is 10.6. The van der Waals surface area contributed by atoms with Crippen LogP contribution in [0.1, 0.15) is 23.9 Å². The third-order valence-electron chi connectivity index (χ3n) is 2.85. The number of halogens is 1. The van der Waals surface area contributed by atoms with Gasteiger partial charge < -0.3 is 4.74 Å². The number of hydrogen-bond donors (Lipinski definition) is 0. The zero-order chi connectivity index (χ0) is 13.0. The molecule has 18 heavy (non-hydrogen) atoms. The van der Waals surface area contributed by atoms with Crippen molar-refractivity contribution in [2.45, 2.75) is 25.8 Å². The van der Waals surface area contributed by atoms with Crippen molar-refractivity contribution >= 4 is 11.6 Å². The fourth-order valence-corrected chi connectivity index (χ4v) is 1.89. The number of aromatic nitrogens is 2. The first-order valence-corrected chi connectivity index (χ1v) is 6.56. The van der Waals surface area contributed by atoms with E-state index in [4.69, 9.17) is 16.3 Å². The fourth-order valence-electron chi connectivity index (χ4n) is 1.71. The monoisotopic (exact) mass is 264 g/mol. The molecule has 3 nitrogen and oxygen atoms in total. The van der Waals surface area contributed by atoms with E-state index < -0.39 is 0 Å². The quantitative estimate of drug-likeness (QED) is 0.775. The Morgan fingerprint density at radius 3 is 2.56 bits per heavy atom. The highest BCUT2D eigenvalue weighted by molar-refractivity contribution is 6.17. The van der Waals surface area contributed by atoms with Crippen LogP contribution < -0.4 is 4.74 Å². The molecule has 0 bridgehead atoms. The minimum atomic E-state index is 0.530. The molecule has 0 N–H and O–H groups in total. The third-order valence-corrected chi connectivity index (χ3v) is 3.16. The molecule has 0 saturated carbocycles. The van der Waals surface area contributed by atoms with E-state index in [1.807, 2.05) is 36.0 Å². The lowest BCUT2D eigenvalue weighted by Gasteiger charge is -2.06. The van der Waals surface area contributed by atoms with Gasteiger partial charge >= 0.3 is 0 Å². The molecule has 0 spiro atoms. The second-order valence-corrected chi connectivity index (χ2v) is 4.44. The van der Waals surface area contributed by atoms with Crippen LogP contribution in [0.25, 0.3) is 0 Å². The standard InChI is InChI=1S/C14H17ClN2O/c1-3-12-8-13(17(2)16-12)10-18-14-6-4-11(9-15)5-7-14/h4-8H,3,9-10H2,1-2H3. The summed E-state index contributed by atoms with van der Waals surface area (Å²) in [5.41, 5.74) is 3.26. The summed E-state index contributed by atoms with van der Waals surface area (Å²) in [6.07, 6.45) is 0.943. The van der Waals surface area contributed by atoms with Crippen molar-refractivity contribution in [2.24, 2.45) is 7.05 Å². The van der Waals surface area contributed by atoms with Crippen molar-refractivity contribution in [1.29, 1.82) is 0 Å². The predicted molar refractivity (Wildman–Crippen MR) is 72.9 cm³/mol. The first-order chi connectivity index (χ1) is 8.72. The molecule has 96 valence electrons. The molecular formula is C14H17ClN2O. The van der Waals surface area contributed by atoms with E-state index >= 15 is 0 Å². The molecule has 0 radical (unpaired) electrons. The molecule has 1 aromatic heterocycles. The van der Waals surface area contributed by atoms with E-state index in [-0.39, 0.29) is 0 Å². The van der Waals surface area contributed by atoms with Crippen molar-refractivity contribution < 1.29 is 4.74 Å². The highest BCUT2D eigenvalue weighted by Crippen LogP contribution is 2.15. The maximum atomic E-state index is 5.74. The summed E-state index contributed by atoms with van der Waals surface area (Å²) in [5, 5.41) is 4.39. The van der Waals surface area contributed by atoms with Crippen LogP contribution in [0.5, 0.6) is 5.75 Å².